The fourth-order valence-electron chi connectivity index (χ4n) is 3.97. The molecule has 3 aromatic carbocycles. The monoisotopic (exact) mass is 521 g/mol. The molecular weight excluding hydrogens is 498 g/mol. The number of hydrogen-bond donors (Lipinski definition) is 2. The Morgan fingerprint density at radius 1 is 1.03 bits per heavy atom. The van der Waals surface area contributed by atoms with Crippen LogP contribution in [0.5, 0.6) is 5.75 Å². The number of nitriles is 1. The Morgan fingerprint density at radius 2 is 1.71 bits per heavy atom. The number of thioether (sulfide) groups is 1. The number of nitrogens with one attached hydrogen (secondary N) is 2. The SMILES string of the molecule is CCOc1ccccc1-c1nc(SCC(=O)Nc2oc(-c3ccccc3)c(-c3ccccc3)c2C#N)n[nH]1. The third-order valence-electron chi connectivity index (χ3n) is 5.61. The summed E-state index contributed by atoms with van der Waals surface area (Å²) in [6.45, 7) is 2.45. The van der Waals surface area contributed by atoms with E-state index in [0.29, 0.717) is 34.7 Å². The van der Waals surface area contributed by atoms with Crippen molar-refractivity contribution in [2.24, 2.45) is 0 Å². The summed E-state index contributed by atoms with van der Waals surface area (Å²) >= 11 is 1.17. The summed E-state index contributed by atoms with van der Waals surface area (Å²) in [4.78, 5) is 17.4. The van der Waals surface area contributed by atoms with Gasteiger partial charge in [0.1, 0.15) is 23.1 Å². The third-order valence-corrected chi connectivity index (χ3v) is 6.46. The Balaban J connectivity index is 1.35. The van der Waals surface area contributed by atoms with Crippen molar-refractivity contribution in [3.8, 4) is 45.7 Å². The van der Waals surface area contributed by atoms with Crippen LogP contribution in [0.2, 0.25) is 0 Å². The Morgan fingerprint density at radius 3 is 2.42 bits per heavy atom. The van der Waals surface area contributed by atoms with Gasteiger partial charge in [-0.2, -0.15) is 5.26 Å². The molecule has 1 amide bonds. The number of furan rings is 1. The van der Waals surface area contributed by atoms with Crippen molar-refractivity contribution in [3.63, 3.8) is 0 Å². The van der Waals surface area contributed by atoms with Gasteiger partial charge in [-0.3, -0.25) is 15.2 Å². The maximum absolute atomic E-state index is 12.9. The Labute approximate surface area is 223 Å². The van der Waals surface area contributed by atoms with Crippen LogP contribution >= 0.6 is 11.8 Å². The number of benzene rings is 3. The third kappa shape index (κ3) is 5.31. The molecule has 0 saturated carbocycles. The first-order chi connectivity index (χ1) is 18.7. The number of rotatable bonds is 9. The highest BCUT2D eigenvalue weighted by atomic mass is 32.2. The fourth-order valence-corrected chi connectivity index (χ4v) is 4.57. The number of hydrogen-bond acceptors (Lipinski definition) is 7. The quantitative estimate of drug-likeness (QED) is 0.216. The van der Waals surface area contributed by atoms with Crippen molar-refractivity contribution >= 4 is 23.6 Å². The number of H-pyrrole nitrogens is 1. The van der Waals surface area contributed by atoms with E-state index in [2.05, 4.69) is 26.6 Å². The Bertz CT molecular complexity index is 1590. The van der Waals surface area contributed by atoms with Crippen LogP contribution in [-0.2, 0) is 4.79 Å². The van der Waals surface area contributed by atoms with Gasteiger partial charge in [0.2, 0.25) is 16.9 Å². The van der Waals surface area contributed by atoms with E-state index >= 15 is 0 Å². The zero-order chi connectivity index (χ0) is 26.3. The zero-order valence-corrected chi connectivity index (χ0v) is 21.3. The summed E-state index contributed by atoms with van der Waals surface area (Å²) in [6.07, 6.45) is 0. The van der Waals surface area contributed by atoms with Gasteiger partial charge in [0, 0.05) is 11.1 Å². The minimum atomic E-state index is -0.347. The number of nitrogens with zero attached hydrogens (tertiary/aromatic N) is 3. The van der Waals surface area contributed by atoms with Crippen LogP contribution in [-0.4, -0.2) is 33.4 Å². The van der Waals surface area contributed by atoms with Gasteiger partial charge in [-0.1, -0.05) is 84.6 Å². The zero-order valence-electron chi connectivity index (χ0n) is 20.5. The fraction of sp³-hybridized carbons (Fsp3) is 0.103. The summed E-state index contributed by atoms with van der Waals surface area (Å²) < 4.78 is 11.8. The minimum absolute atomic E-state index is 0.0251. The van der Waals surface area contributed by atoms with Gasteiger partial charge >= 0.3 is 0 Å². The molecule has 9 heteroatoms. The second-order valence-corrected chi connectivity index (χ2v) is 9.03. The number of anilines is 1. The highest BCUT2D eigenvalue weighted by molar-refractivity contribution is 7.99. The van der Waals surface area contributed by atoms with Crippen LogP contribution in [0.3, 0.4) is 0 Å². The Hall–Kier alpha value is -4.81. The minimum Gasteiger partial charge on any atom is -0.493 e. The predicted octanol–water partition coefficient (Wildman–Crippen LogP) is 6.40. The van der Waals surface area contributed by atoms with E-state index in [0.717, 1.165) is 16.7 Å². The van der Waals surface area contributed by atoms with Crippen LogP contribution in [0.15, 0.2) is 94.5 Å². The standard InChI is InChI=1S/C29H23N5O3S/c1-2-36-23-16-10-9-15-21(23)27-32-29(34-33-27)38-18-24(35)31-28-22(17-30)25(19-11-5-3-6-12-19)26(37-28)20-13-7-4-8-14-20/h3-16H,2,18H2,1H3,(H,31,35)(H,32,33,34). The molecule has 188 valence electrons. The van der Waals surface area contributed by atoms with Crippen LogP contribution in [0.1, 0.15) is 12.5 Å². The molecule has 0 atom stereocenters. The van der Waals surface area contributed by atoms with E-state index in [1.807, 2.05) is 91.9 Å². The molecule has 0 spiro atoms. The number of aromatic nitrogens is 3. The molecule has 0 fully saturated rings. The highest BCUT2D eigenvalue weighted by Crippen LogP contribution is 2.41. The molecule has 2 N–H and O–H groups in total. The summed E-state index contributed by atoms with van der Waals surface area (Å²) in [6, 6.07) is 28.8. The highest BCUT2D eigenvalue weighted by Gasteiger charge is 2.24. The first-order valence-corrected chi connectivity index (χ1v) is 12.9. The summed E-state index contributed by atoms with van der Waals surface area (Å²) in [5.41, 5.74) is 3.31. The van der Waals surface area contributed by atoms with Crippen molar-refractivity contribution in [1.82, 2.24) is 15.2 Å². The summed E-state index contributed by atoms with van der Waals surface area (Å²) in [5.74, 6) is 1.55. The van der Waals surface area contributed by atoms with E-state index in [9.17, 15) is 10.1 Å². The van der Waals surface area contributed by atoms with Crippen molar-refractivity contribution in [2.75, 3.05) is 17.7 Å². The van der Waals surface area contributed by atoms with Crippen LogP contribution < -0.4 is 10.1 Å². The molecule has 0 radical (unpaired) electrons. The van der Waals surface area contributed by atoms with E-state index in [-0.39, 0.29) is 23.1 Å². The maximum atomic E-state index is 12.9. The molecule has 0 aliphatic carbocycles. The van der Waals surface area contributed by atoms with Gasteiger partial charge in [0.05, 0.1) is 17.9 Å². The number of carbonyl (C=O) groups is 1. The molecule has 5 rings (SSSR count). The number of para-hydroxylation sites is 1. The van der Waals surface area contributed by atoms with Crippen molar-refractivity contribution in [1.29, 1.82) is 5.26 Å². The van der Waals surface area contributed by atoms with Gasteiger partial charge < -0.3 is 9.15 Å². The lowest BCUT2D eigenvalue weighted by atomic mass is 9.98. The molecule has 0 saturated heterocycles. The lowest BCUT2D eigenvalue weighted by Crippen LogP contribution is -2.14. The summed E-state index contributed by atoms with van der Waals surface area (Å²) in [7, 11) is 0. The average molecular weight is 522 g/mol. The van der Waals surface area contributed by atoms with Crippen LogP contribution in [0.4, 0.5) is 5.88 Å². The van der Waals surface area contributed by atoms with Crippen molar-refractivity contribution in [2.45, 2.75) is 12.1 Å². The molecular formula is C29H23N5O3S. The molecule has 38 heavy (non-hydrogen) atoms. The lowest BCUT2D eigenvalue weighted by Gasteiger charge is -2.06. The molecule has 0 bridgehead atoms. The number of aromatic amines is 1. The molecule has 2 heterocycles. The van der Waals surface area contributed by atoms with Crippen molar-refractivity contribution < 1.29 is 13.9 Å². The second-order valence-electron chi connectivity index (χ2n) is 8.09. The smallest absolute Gasteiger partial charge is 0.237 e. The van der Waals surface area contributed by atoms with Gasteiger partial charge in [-0.05, 0) is 24.6 Å². The average Bonchev–Trinajstić information content (AvgIpc) is 3.58. The topological polar surface area (TPSA) is 117 Å². The van der Waals surface area contributed by atoms with Gasteiger partial charge in [-0.15, -0.1) is 5.10 Å². The molecule has 2 aromatic heterocycles. The van der Waals surface area contributed by atoms with Crippen LogP contribution in [0.25, 0.3) is 33.8 Å². The second kappa shape index (κ2) is 11.5. The largest absolute Gasteiger partial charge is 0.493 e. The summed E-state index contributed by atoms with van der Waals surface area (Å²) in [5, 5.41) is 20.3. The lowest BCUT2D eigenvalue weighted by molar-refractivity contribution is -0.113. The Kier molecular flexibility index (Phi) is 7.52. The molecule has 8 nitrogen and oxygen atoms in total. The molecule has 0 aliphatic heterocycles. The number of carbonyl (C=O) groups excluding carboxylic acids is 1. The van der Waals surface area contributed by atoms with E-state index in [1.54, 1.807) is 0 Å². The van der Waals surface area contributed by atoms with Gasteiger partial charge in [0.15, 0.2) is 5.82 Å². The van der Waals surface area contributed by atoms with E-state index in [4.69, 9.17) is 9.15 Å². The number of ether oxygens (including phenoxy) is 1. The van der Waals surface area contributed by atoms with Gasteiger partial charge in [-0.25, -0.2) is 4.98 Å². The van der Waals surface area contributed by atoms with E-state index in [1.165, 1.54) is 11.8 Å². The number of amides is 1. The van der Waals surface area contributed by atoms with E-state index < -0.39 is 0 Å². The normalized spacial score (nSPS) is 10.6. The van der Waals surface area contributed by atoms with Gasteiger partial charge in [0.25, 0.3) is 0 Å². The van der Waals surface area contributed by atoms with Crippen LogP contribution in [0, 0.1) is 11.3 Å². The first-order valence-electron chi connectivity index (χ1n) is 11.9. The molecule has 0 unspecified atom stereocenters. The maximum Gasteiger partial charge on any atom is 0.237 e. The first kappa shape index (κ1) is 24.9. The predicted molar refractivity (Wildman–Crippen MR) is 147 cm³/mol. The van der Waals surface area contributed by atoms with Crippen molar-refractivity contribution in [3.05, 3.63) is 90.5 Å². The molecule has 0 aliphatic rings. The molecule has 5 aromatic rings.